The number of nitrogens with one attached hydrogen (secondary N) is 2. The second kappa shape index (κ2) is 15.4. The molecular weight excluding hydrogens is 573 g/mol. The highest BCUT2D eigenvalue weighted by Crippen LogP contribution is 2.20. The number of hydrogen-bond acceptors (Lipinski definition) is 10. The lowest BCUT2D eigenvalue weighted by Crippen LogP contribution is -2.52. The van der Waals surface area contributed by atoms with Crippen LogP contribution in [0.1, 0.15) is 52.8 Å². The molecule has 14 heteroatoms. The van der Waals surface area contributed by atoms with Gasteiger partial charge in [0.2, 0.25) is 0 Å². The number of rotatable bonds is 12. The Morgan fingerprint density at radius 3 is 1.49 bits per heavy atom. The van der Waals surface area contributed by atoms with E-state index in [2.05, 4.69) is 30.6 Å². The topological polar surface area (TPSA) is 96.9 Å². The van der Waals surface area contributed by atoms with Crippen LogP contribution in [0.2, 0.25) is 0 Å². The number of hydrazine groups is 2. The van der Waals surface area contributed by atoms with Crippen LogP contribution in [-0.2, 0) is 0 Å². The van der Waals surface area contributed by atoms with Gasteiger partial charge in [-0.3, -0.25) is 30.4 Å². The molecule has 208 valence electrons. The smallest absolute Gasteiger partial charge is 0.265 e. The zero-order chi connectivity index (χ0) is 27.5. The first-order valence-electron chi connectivity index (χ1n) is 12.7. The van der Waals surface area contributed by atoms with Crippen LogP contribution in [0.25, 0.3) is 0 Å². The number of thioether (sulfide) groups is 2. The lowest BCUT2D eigenvalue weighted by Gasteiger charge is -2.36. The summed E-state index contributed by atoms with van der Waals surface area (Å²) in [6, 6.07) is 6.80. The third-order valence-corrected chi connectivity index (χ3v) is 9.26. The molecule has 0 unspecified atom stereocenters. The standard InChI is InChI=1S/C25H32N8O2S4/c34-22(20-6-10-26-11-7-20)28-32-16-30(24(36)38-18-32)14-4-2-1-3-5-15-31-17-33(19-39-25(31)37)29-23(35)21-8-12-27-13-9-21/h6-13H,1-5,14-19H2,(H,28,34)(H,29,35). The summed E-state index contributed by atoms with van der Waals surface area (Å²) in [7, 11) is 0. The maximum atomic E-state index is 12.4. The van der Waals surface area contributed by atoms with E-state index in [-0.39, 0.29) is 11.8 Å². The molecule has 2 fully saturated rings. The summed E-state index contributed by atoms with van der Waals surface area (Å²) in [6.07, 6.45) is 11.9. The monoisotopic (exact) mass is 604 g/mol. The molecule has 39 heavy (non-hydrogen) atoms. The largest absolute Gasteiger partial charge is 0.343 e. The van der Waals surface area contributed by atoms with Crippen LogP contribution in [0.15, 0.2) is 49.1 Å². The molecule has 2 aliphatic rings. The van der Waals surface area contributed by atoms with Gasteiger partial charge in [-0.05, 0) is 37.1 Å². The summed E-state index contributed by atoms with van der Waals surface area (Å²) in [6.45, 7) is 2.90. The second-order valence-electron chi connectivity index (χ2n) is 9.09. The SMILES string of the molecule is O=C(NN1CSC(=S)N(CCCCCCCN2CN(NC(=O)c3ccncc3)CSC2=S)C1)c1ccncc1. The van der Waals surface area contributed by atoms with E-state index in [9.17, 15) is 9.59 Å². The maximum absolute atomic E-state index is 12.4. The Hall–Kier alpha value is -2.36. The van der Waals surface area contributed by atoms with Crippen LogP contribution < -0.4 is 10.9 Å². The molecule has 0 saturated carbocycles. The van der Waals surface area contributed by atoms with E-state index in [0.717, 1.165) is 53.8 Å². The molecule has 0 spiro atoms. The third-order valence-electron chi connectivity index (χ3n) is 6.15. The van der Waals surface area contributed by atoms with E-state index in [1.807, 2.05) is 10.0 Å². The summed E-state index contributed by atoms with van der Waals surface area (Å²) in [5.74, 6) is 0.981. The summed E-state index contributed by atoms with van der Waals surface area (Å²) in [4.78, 5) is 37.1. The summed E-state index contributed by atoms with van der Waals surface area (Å²) < 4.78 is 1.75. The fourth-order valence-electron chi connectivity index (χ4n) is 4.08. The highest BCUT2D eigenvalue weighted by molar-refractivity contribution is 8.23. The number of thiocarbonyl (C=S) groups is 2. The molecule has 0 aromatic carbocycles. The normalized spacial score (nSPS) is 16.8. The molecule has 0 aliphatic carbocycles. The molecule has 4 rings (SSSR count). The lowest BCUT2D eigenvalue weighted by molar-refractivity contribution is 0.0744. The summed E-state index contributed by atoms with van der Waals surface area (Å²) in [5, 5.41) is 3.79. The van der Waals surface area contributed by atoms with Crippen molar-refractivity contribution in [2.24, 2.45) is 0 Å². The lowest BCUT2D eigenvalue weighted by atomic mass is 10.1. The number of carbonyl (C=O) groups is 2. The van der Waals surface area contributed by atoms with Crippen LogP contribution in [0.4, 0.5) is 0 Å². The number of nitrogens with zero attached hydrogens (tertiary/aromatic N) is 6. The van der Waals surface area contributed by atoms with Crippen molar-refractivity contribution in [2.75, 3.05) is 38.2 Å². The first-order chi connectivity index (χ1) is 19.0. The van der Waals surface area contributed by atoms with Crippen molar-refractivity contribution in [3.8, 4) is 0 Å². The minimum absolute atomic E-state index is 0.142. The van der Waals surface area contributed by atoms with E-state index in [1.165, 1.54) is 0 Å². The molecule has 2 aromatic rings. The van der Waals surface area contributed by atoms with Gasteiger partial charge < -0.3 is 9.80 Å². The molecule has 2 saturated heterocycles. The highest BCUT2D eigenvalue weighted by Gasteiger charge is 2.24. The van der Waals surface area contributed by atoms with Gasteiger partial charge in [-0.1, -0.05) is 67.2 Å². The van der Waals surface area contributed by atoms with Gasteiger partial charge in [0.25, 0.3) is 11.8 Å². The molecule has 10 nitrogen and oxygen atoms in total. The number of pyridine rings is 2. The van der Waals surface area contributed by atoms with Gasteiger partial charge in [-0.15, -0.1) is 0 Å². The highest BCUT2D eigenvalue weighted by atomic mass is 32.2. The fraction of sp³-hybridized carbons (Fsp3) is 0.440. The van der Waals surface area contributed by atoms with Gasteiger partial charge in [-0.25, -0.2) is 0 Å². The Labute approximate surface area is 248 Å². The van der Waals surface area contributed by atoms with Crippen molar-refractivity contribution in [3.63, 3.8) is 0 Å². The first-order valence-corrected chi connectivity index (χ1v) is 15.5. The zero-order valence-corrected chi connectivity index (χ0v) is 24.8. The van der Waals surface area contributed by atoms with E-state index in [4.69, 9.17) is 24.4 Å². The predicted octanol–water partition coefficient (Wildman–Crippen LogP) is 3.52. The van der Waals surface area contributed by atoms with E-state index in [0.29, 0.717) is 36.2 Å². The molecular formula is C25H32N8O2S4. The summed E-state index contributed by atoms with van der Waals surface area (Å²) >= 11 is 14.2. The summed E-state index contributed by atoms with van der Waals surface area (Å²) in [5.41, 5.74) is 7.09. The minimum Gasteiger partial charge on any atom is -0.343 e. The van der Waals surface area contributed by atoms with Crippen molar-refractivity contribution < 1.29 is 9.59 Å². The Bertz CT molecular complexity index is 1040. The van der Waals surface area contributed by atoms with Gasteiger partial charge in [-0.2, -0.15) is 10.0 Å². The van der Waals surface area contributed by atoms with Crippen LogP contribution in [0.3, 0.4) is 0 Å². The van der Waals surface area contributed by atoms with Crippen molar-refractivity contribution >= 4 is 68.4 Å². The Kier molecular flexibility index (Phi) is 11.7. The molecule has 2 aromatic heterocycles. The average Bonchev–Trinajstić information content (AvgIpc) is 2.96. The van der Waals surface area contributed by atoms with Crippen LogP contribution in [-0.4, -0.2) is 88.4 Å². The predicted molar refractivity (Wildman–Crippen MR) is 163 cm³/mol. The number of aromatic nitrogens is 2. The number of unbranched alkanes of at least 4 members (excludes halogenated alkanes) is 4. The zero-order valence-electron chi connectivity index (χ0n) is 21.5. The van der Waals surface area contributed by atoms with Gasteiger partial charge in [0.15, 0.2) is 0 Å². The van der Waals surface area contributed by atoms with E-state index >= 15 is 0 Å². The van der Waals surface area contributed by atoms with Crippen LogP contribution in [0.5, 0.6) is 0 Å². The van der Waals surface area contributed by atoms with Crippen molar-refractivity contribution in [2.45, 2.75) is 32.1 Å². The van der Waals surface area contributed by atoms with Gasteiger partial charge in [0.05, 0.1) is 25.1 Å². The fourth-order valence-corrected chi connectivity index (χ4v) is 6.18. The van der Waals surface area contributed by atoms with Crippen molar-refractivity contribution in [3.05, 3.63) is 60.2 Å². The Morgan fingerprint density at radius 2 is 1.08 bits per heavy atom. The quantitative estimate of drug-likeness (QED) is 0.274. The molecule has 0 bridgehead atoms. The Morgan fingerprint density at radius 1 is 0.692 bits per heavy atom. The van der Waals surface area contributed by atoms with E-state index < -0.39 is 0 Å². The van der Waals surface area contributed by atoms with Gasteiger partial charge in [0.1, 0.15) is 8.64 Å². The van der Waals surface area contributed by atoms with Crippen LogP contribution >= 0.6 is 48.0 Å². The second-order valence-corrected chi connectivity index (χ2v) is 12.2. The minimum atomic E-state index is -0.142. The van der Waals surface area contributed by atoms with Gasteiger partial charge >= 0.3 is 0 Å². The Balaban J connectivity index is 1.09. The van der Waals surface area contributed by atoms with Gasteiger partial charge in [0, 0.05) is 49.0 Å². The molecule has 2 amide bonds. The average molecular weight is 605 g/mol. The third kappa shape index (κ3) is 9.36. The molecule has 0 atom stereocenters. The molecule has 0 radical (unpaired) electrons. The van der Waals surface area contributed by atoms with Crippen molar-refractivity contribution in [1.29, 1.82) is 0 Å². The number of hydrogen-bond donors (Lipinski definition) is 2. The molecule has 2 aliphatic heterocycles. The molecule has 2 N–H and O–H groups in total. The maximum Gasteiger partial charge on any atom is 0.265 e. The molecule has 4 heterocycles. The van der Waals surface area contributed by atoms with E-state index in [1.54, 1.807) is 72.6 Å². The van der Waals surface area contributed by atoms with Crippen molar-refractivity contribution in [1.82, 2.24) is 40.6 Å². The first kappa shape index (κ1) is 29.6. The number of amides is 2. The van der Waals surface area contributed by atoms with Crippen LogP contribution in [0, 0.1) is 0 Å². The number of carbonyl (C=O) groups excluding carboxylic acids is 2.